The number of rotatable bonds is 1. The van der Waals surface area contributed by atoms with Crippen LogP contribution in [0.25, 0.3) is 0 Å². The molecule has 1 aromatic heterocycles. The SMILES string of the molecule is NC1CCN(C(=O)c2cccc(=O)[nH]2)C1. The highest BCUT2D eigenvalue weighted by Crippen LogP contribution is 2.09. The third-order valence-electron chi connectivity index (χ3n) is 2.51. The third-order valence-corrected chi connectivity index (χ3v) is 2.51. The summed E-state index contributed by atoms with van der Waals surface area (Å²) in [7, 11) is 0. The molecule has 5 heteroatoms. The van der Waals surface area contributed by atoms with Gasteiger partial charge in [-0.3, -0.25) is 9.59 Å². The summed E-state index contributed by atoms with van der Waals surface area (Å²) in [6.07, 6.45) is 0.822. The Morgan fingerprint density at radius 2 is 2.33 bits per heavy atom. The van der Waals surface area contributed by atoms with E-state index in [9.17, 15) is 9.59 Å². The molecule has 2 rings (SSSR count). The van der Waals surface area contributed by atoms with Crippen LogP contribution < -0.4 is 11.3 Å². The Hall–Kier alpha value is -1.62. The molecule has 1 aliphatic rings. The summed E-state index contributed by atoms with van der Waals surface area (Å²) in [5.74, 6) is -0.152. The van der Waals surface area contributed by atoms with Gasteiger partial charge in [0.05, 0.1) is 0 Å². The van der Waals surface area contributed by atoms with Gasteiger partial charge in [0.2, 0.25) is 5.56 Å². The highest BCUT2D eigenvalue weighted by molar-refractivity contribution is 5.92. The lowest BCUT2D eigenvalue weighted by Crippen LogP contribution is -2.33. The highest BCUT2D eigenvalue weighted by Gasteiger charge is 2.24. The number of aromatic amines is 1. The maximum Gasteiger partial charge on any atom is 0.270 e. The van der Waals surface area contributed by atoms with Gasteiger partial charge >= 0.3 is 0 Å². The van der Waals surface area contributed by atoms with Gasteiger partial charge in [-0.25, -0.2) is 0 Å². The first kappa shape index (κ1) is 9.92. The molecular formula is C10H13N3O2. The van der Waals surface area contributed by atoms with E-state index in [1.807, 2.05) is 0 Å². The van der Waals surface area contributed by atoms with Crippen molar-refractivity contribution in [2.24, 2.45) is 5.73 Å². The van der Waals surface area contributed by atoms with Crippen LogP contribution in [-0.2, 0) is 0 Å². The Morgan fingerprint density at radius 3 is 2.93 bits per heavy atom. The van der Waals surface area contributed by atoms with Crippen LogP contribution in [0, 0.1) is 0 Å². The van der Waals surface area contributed by atoms with Gasteiger partial charge in [-0.05, 0) is 12.5 Å². The van der Waals surface area contributed by atoms with Crippen molar-refractivity contribution in [3.8, 4) is 0 Å². The van der Waals surface area contributed by atoms with E-state index in [1.54, 1.807) is 17.0 Å². The maximum absolute atomic E-state index is 11.8. The van der Waals surface area contributed by atoms with Crippen LogP contribution in [0.5, 0.6) is 0 Å². The molecule has 0 radical (unpaired) electrons. The number of H-pyrrole nitrogens is 1. The fourth-order valence-electron chi connectivity index (χ4n) is 1.71. The number of amides is 1. The molecule has 80 valence electrons. The molecule has 1 aromatic rings. The molecule has 0 saturated carbocycles. The van der Waals surface area contributed by atoms with Gasteiger partial charge in [0.15, 0.2) is 0 Å². The summed E-state index contributed by atoms with van der Waals surface area (Å²) < 4.78 is 0. The minimum absolute atomic E-state index is 0.0596. The molecule has 5 nitrogen and oxygen atoms in total. The van der Waals surface area contributed by atoms with Crippen molar-refractivity contribution in [3.63, 3.8) is 0 Å². The second-order valence-electron chi connectivity index (χ2n) is 3.73. The molecular weight excluding hydrogens is 194 g/mol. The minimum atomic E-state index is -0.260. The van der Waals surface area contributed by atoms with Gasteiger partial charge in [-0.1, -0.05) is 6.07 Å². The van der Waals surface area contributed by atoms with Crippen molar-refractivity contribution in [1.82, 2.24) is 9.88 Å². The molecule has 1 unspecified atom stereocenters. The second-order valence-corrected chi connectivity index (χ2v) is 3.73. The number of pyridine rings is 1. The molecule has 2 heterocycles. The molecule has 0 aliphatic carbocycles. The Balaban J connectivity index is 2.18. The van der Waals surface area contributed by atoms with Gasteiger partial charge in [0.25, 0.3) is 5.91 Å². The molecule has 15 heavy (non-hydrogen) atoms. The molecule has 1 fully saturated rings. The summed E-state index contributed by atoms with van der Waals surface area (Å²) in [5, 5.41) is 0. The fraction of sp³-hybridized carbons (Fsp3) is 0.400. The van der Waals surface area contributed by atoms with E-state index in [0.29, 0.717) is 18.8 Å². The van der Waals surface area contributed by atoms with Crippen LogP contribution in [0.1, 0.15) is 16.9 Å². The molecule has 1 saturated heterocycles. The Labute approximate surface area is 86.9 Å². The maximum atomic E-state index is 11.8. The van der Waals surface area contributed by atoms with Crippen LogP contribution in [0.3, 0.4) is 0 Å². The van der Waals surface area contributed by atoms with E-state index in [-0.39, 0.29) is 17.5 Å². The van der Waals surface area contributed by atoms with Crippen molar-refractivity contribution in [1.29, 1.82) is 0 Å². The lowest BCUT2D eigenvalue weighted by molar-refractivity contribution is 0.0785. The Bertz CT molecular complexity index is 427. The second kappa shape index (κ2) is 3.86. The molecule has 0 bridgehead atoms. The number of nitrogens with one attached hydrogen (secondary N) is 1. The first-order valence-corrected chi connectivity index (χ1v) is 4.91. The Morgan fingerprint density at radius 1 is 1.53 bits per heavy atom. The molecule has 3 N–H and O–H groups in total. The first-order chi connectivity index (χ1) is 7.16. The Kier molecular flexibility index (Phi) is 2.55. The number of carbonyl (C=O) groups is 1. The van der Waals surface area contributed by atoms with Gasteiger partial charge in [-0.2, -0.15) is 0 Å². The lowest BCUT2D eigenvalue weighted by Gasteiger charge is -2.14. The summed E-state index contributed by atoms with van der Waals surface area (Å²) >= 11 is 0. The third kappa shape index (κ3) is 2.07. The number of nitrogens with two attached hydrogens (primary N) is 1. The van der Waals surface area contributed by atoms with Gasteiger partial charge in [0.1, 0.15) is 5.69 Å². The number of carbonyl (C=O) groups excluding carboxylic acids is 1. The zero-order chi connectivity index (χ0) is 10.8. The fourth-order valence-corrected chi connectivity index (χ4v) is 1.71. The van der Waals surface area contributed by atoms with Crippen LogP contribution in [-0.4, -0.2) is 34.9 Å². The standard InChI is InChI=1S/C10H13N3O2/c11-7-4-5-13(6-7)10(15)8-2-1-3-9(14)12-8/h1-3,7H,4-6,11H2,(H,12,14). The summed E-state index contributed by atoms with van der Waals surface area (Å²) in [6.45, 7) is 1.23. The van der Waals surface area contributed by atoms with E-state index >= 15 is 0 Å². The van der Waals surface area contributed by atoms with E-state index in [2.05, 4.69) is 4.98 Å². The number of hydrogen-bond acceptors (Lipinski definition) is 3. The zero-order valence-electron chi connectivity index (χ0n) is 8.27. The molecule has 1 amide bonds. The normalized spacial score (nSPS) is 20.6. The van der Waals surface area contributed by atoms with Gasteiger partial charge in [-0.15, -0.1) is 0 Å². The van der Waals surface area contributed by atoms with Gasteiger partial charge in [0, 0.05) is 25.2 Å². The van der Waals surface area contributed by atoms with Crippen LogP contribution >= 0.6 is 0 Å². The minimum Gasteiger partial charge on any atom is -0.336 e. The smallest absolute Gasteiger partial charge is 0.270 e. The molecule has 1 aliphatic heterocycles. The molecule has 1 atom stereocenters. The molecule has 0 spiro atoms. The molecule has 0 aromatic carbocycles. The summed E-state index contributed by atoms with van der Waals surface area (Å²) in [4.78, 5) is 27.0. The number of nitrogens with zero attached hydrogens (tertiary/aromatic N) is 1. The van der Waals surface area contributed by atoms with Crippen molar-refractivity contribution >= 4 is 5.91 Å². The average Bonchev–Trinajstić information content (AvgIpc) is 2.64. The number of hydrogen-bond donors (Lipinski definition) is 2. The van der Waals surface area contributed by atoms with E-state index in [0.717, 1.165) is 6.42 Å². The quantitative estimate of drug-likeness (QED) is 0.654. The number of aromatic nitrogens is 1. The van der Waals surface area contributed by atoms with Gasteiger partial charge < -0.3 is 15.6 Å². The first-order valence-electron chi connectivity index (χ1n) is 4.91. The van der Waals surface area contributed by atoms with E-state index < -0.39 is 0 Å². The zero-order valence-corrected chi connectivity index (χ0v) is 8.27. The van der Waals surface area contributed by atoms with Crippen LogP contribution in [0.15, 0.2) is 23.0 Å². The van der Waals surface area contributed by atoms with Crippen molar-refractivity contribution < 1.29 is 4.79 Å². The predicted molar refractivity (Wildman–Crippen MR) is 55.6 cm³/mol. The van der Waals surface area contributed by atoms with Crippen LogP contribution in [0.2, 0.25) is 0 Å². The summed E-state index contributed by atoms with van der Waals surface area (Å²) in [5.41, 5.74) is 5.78. The monoisotopic (exact) mass is 207 g/mol. The summed E-state index contributed by atoms with van der Waals surface area (Å²) in [6, 6.07) is 4.62. The number of likely N-dealkylation sites (tertiary alicyclic amines) is 1. The topological polar surface area (TPSA) is 79.2 Å². The lowest BCUT2D eigenvalue weighted by atomic mass is 10.3. The van der Waals surface area contributed by atoms with E-state index in [1.165, 1.54) is 6.07 Å². The largest absolute Gasteiger partial charge is 0.336 e. The van der Waals surface area contributed by atoms with E-state index in [4.69, 9.17) is 5.73 Å². The van der Waals surface area contributed by atoms with Crippen molar-refractivity contribution in [2.45, 2.75) is 12.5 Å². The van der Waals surface area contributed by atoms with Crippen molar-refractivity contribution in [3.05, 3.63) is 34.2 Å². The highest BCUT2D eigenvalue weighted by atomic mass is 16.2. The average molecular weight is 207 g/mol. The van der Waals surface area contributed by atoms with Crippen molar-refractivity contribution in [2.75, 3.05) is 13.1 Å². The predicted octanol–water partition coefficient (Wildman–Crippen LogP) is -0.452. The van der Waals surface area contributed by atoms with Crippen LogP contribution in [0.4, 0.5) is 0 Å².